The molecule has 1 aromatic carbocycles. The van der Waals surface area contributed by atoms with Gasteiger partial charge in [0.15, 0.2) is 5.58 Å². The quantitative estimate of drug-likeness (QED) is 0.605. The molecule has 3 heterocycles. The first-order chi connectivity index (χ1) is 10.2. The molecule has 0 radical (unpaired) electrons. The molecule has 1 N–H and O–H groups in total. The molecule has 0 spiro atoms. The molecule has 21 heavy (non-hydrogen) atoms. The number of nitrogens with zero attached hydrogens (tertiary/aromatic N) is 4. The zero-order valence-corrected chi connectivity index (χ0v) is 10.6. The third kappa shape index (κ3) is 1.75. The van der Waals surface area contributed by atoms with E-state index in [-0.39, 0.29) is 5.56 Å². The summed E-state index contributed by atoms with van der Waals surface area (Å²) in [5.41, 5.74) is 2.66. The van der Waals surface area contributed by atoms with Crippen LogP contribution in [0.1, 0.15) is 10.4 Å². The third-order valence-corrected chi connectivity index (χ3v) is 3.19. The summed E-state index contributed by atoms with van der Waals surface area (Å²) in [6.45, 7) is 0. The first-order valence-electron chi connectivity index (χ1n) is 6.14. The molecule has 0 fully saturated rings. The number of carboxylic acids is 1. The third-order valence-electron chi connectivity index (χ3n) is 3.19. The van der Waals surface area contributed by atoms with E-state index in [0.717, 1.165) is 5.52 Å². The van der Waals surface area contributed by atoms with E-state index >= 15 is 0 Å². The van der Waals surface area contributed by atoms with Crippen LogP contribution in [0.4, 0.5) is 0 Å². The lowest BCUT2D eigenvalue weighted by Crippen LogP contribution is -1.94. The summed E-state index contributed by atoms with van der Waals surface area (Å²) in [4.78, 5) is 19.4. The number of aromatic carboxylic acids is 1. The van der Waals surface area contributed by atoms with Crippen LogP contribution < -0.4 is 0 Å². The highest BCUT2D eigenvalue weighted by Crippen LogP contribution is 2.27. The number of hydrogen-bond donors (Lipinski definition) is 1. The minimum Gasteiger partial charge on any atom is -0.478 e. The molecule has 4 aromatic rings. The molecule has 4 rings (SSSR count). The maximum atomic E-state index is 11.0. The van der Waals surface area contributed by atoms with E-state index in [1.165, 1.54) is 12.1 Å². The maximum Gasteiger partial charge on any atom is 0.335 e. The van der Waals surface area contributed by atoms with E-state index in [0.29, 0.717) is 22.6 Å². The molecule has 0 saturated heterocycles. The number of rotatable bonds is 2. The van der Waals surface area contributed by atoms with Gasteiger partial charge < -0.3 is 9.52 Å². The zero-order valence-electron chi connectivity index (χ0n) is 10.6. The Morgan fingerprint density at radius 3 is 3.05 bits per heavy atom. The molecule has 7 nitrogen and oxygen atoms in total. The highest BCUT2D eigenvalue weighted by molar-refractivity contribution is 5.92. The smallest absolute Gasteiger partial charge is 0.335 e. The van der Waals surface area contributed by atoms with Gasteiger partial charge in [0, 0.05) is 12.4 Å². The molecule has 0 bridgehead atoms. The van der Waals surface area contributed by atoms with Crippen molar-refractivity contribution in [2.45, 2.75) is 0 Å². The van der Waals surface area contributed by atoms with Crippen molar-refractivity contribution >= 4 is 22.6 Å². The summed E-state index contributed by atoms with van der Waals surface area (Å²) in [6.07, 6.45) is 6.67. The Kier molecular flexibility index (Phi) is 2.28. The normalized spacial score (nSPS) is 11.2. The molecule has 0 unspecified atom stereocenters. The summed E-state index contributed by atoms with van der Waals surface area (Å²) >= 11 is 0. The molecule has 3 aromatic heterocycles. The van der Waals surface area contributed by atoms with Gasteiger partial charge in [-0.3, -0.25) is 4.98 Å². The molecule has 102 valence electrons. The van der Waals surface area contributed by atoms with Crippen molar-refractivity contribution in [1.82, 2.24) is 19.6 Å². The average molecular weight is 280 g/mol. The first kappa shape index (κ1) is 11.6. The summed E-state index contributed by atoms with van der Waals surface area (Å²) < 4.78 is 7.34. The van der Waals surface area contributed by atoms with Gasteiger partial charge in [-0.15, -0.1) is 0 Å². The van der Waals surface area contributed by atoms with Gasteiger partial charge in [-0.05, 0) is 18.2 Å². The van der Waals surface area contributed by atoms with Crippen molar-refractivity contribution in [2.75, 3.05) is 0 Å². The minimum absolute atomic E-state index is 0.170. The van der Waals surface area contributed by atoms with Crippen LogP contribution in [0.2, 0.25) is 0 Å². The first-order valence-corrected chi connectivity index (χ1v) is 6.14. The highest BCUT2D eigenvalue weighted by Gasteiger charge is 2.14. The molecule has 0 amide bonds. The van der Waals surface area contributed by atoms with Crippen LogP contribution in [-0.2, 0) is 0 Å². The summed E-state index contributed by atoms with van der Waals surface area (Å²) in [5.74, 6) is -0.614. The van der Waals surface area contributed by atoms with E-state index in [9.17, 15) is 4.79 Å². The van der Waals surface area contributed by atoms with Gasteiger partial charge in [-0.2, -0.15) is 5.10 Å². The van der Waals surface area contributed by atoms with Crippen LogP contribution >= 0.6 is 0 Å². The van der Waals surface area contributed by atoms with E-state index in [1.54, 1.807) is 35.4 Å². The van der Waals surface area contributed by atoms with Gasteiger partial charge in [-0.25, -0.2) is 14.3 Å². The van der Waals surface area contributed by atoms with Crippen LogP contribution in [0.25, 0.3) is 28.1 Å². The summed E-state index contributed by atoms with van der Waals surface area (Å²) in [7, 11) is 0. The number of hydrogen-bond acceptors (Lipinski definition) is 5. The second-order valence-corrected chi connectivity index (χ2v) is 4.47. The molecule has 0 aliphatic carbocycles. The van der Waals surface area contributed by atoms with Crippen LogP contribution in [0.15, 0.2) is 47.4 Å². The fourth-order valence-electron chi connectivity index (χ4n) is 2.17. The molecule has 0 aliphatic rings. The van der Waals surface area contributed by atoms with E-state index in [1.807, 2.05) is 0 Å². The molecule has 0 atom stereocenters. The van der Waals surface area contributed by atoms with E-state index in [4.69, 9.17) is 9.52 Å². The number of oxazole rings is 1. The predicted molar refractivity (Wildman–Crippen MR) is 72.9 cm³/mol. The number of carboxylic acid groups (broad SMARTS) is 1. The van der Waals surface area contributed by atoms with Crippen LogP contribution in [0, 0.1) is 0 Å². The number of benzene rings is 1. The van der Waals surface area contributed by atoms with Gasteiger partial charge >= 0.3 is 5.97 Å². The summed E-state index contributed by atoms with van der Waals surface area (Å²) in [5, 5.41) is 13.2. The monoisotopic (exact) mass is 280 g/mol. The SMILES string of the molecule is O=C(O)c1ccc2oc(-c3cnn4ccncc34)nc2c1. The van der Waals surface area contributed by atoms with Crippen molar-refractivity contribution in [3.63, 3.8) is 0 Å². The van der Waals surface area contributed by atoms with E-state index < -0.39 is 5.97 Å². The standard InChI is InChI=1S/C14H8N4O3/c19-14(20)8-1-2-12-10(5-8)17-13(21-12)9-6-16-18-4-3-15-7-11(9)18/h1-7H,(H,19,20). The Hall–Kier alpha value is -3.22. The van der Waals surface area contributed by atoms with Crippen molar-refractivity contribution in [1.29, 1.82) is 0 Å². The van der Waals surface area contributed by atoms with Crippen molar-refractivity contribution in [2.24, 2.45) is 0 Å². The largest absolute Gasteiger partial charge is 0.478 e. The lowest BCUT2D eigenvalue weighted by atomic mass is 10.2. The second-order valence-electron chi connectivity index (χ2n) is 4.47. The molecule has 0 aliphatic heterocycles. The average Bonchev–Trinajstić information content (AvgIpc) is 3.09. The Bertz CT molecular complexity index is 986. The lowest BCUT2D eigenvalue weighted by molar-refractivity contribution is 0.0697. The second kappa shape index (κ2) is 4.14. The molecule has 7 heteroatoms. The van der Waals surface area contributed by atoms with Gasteiger partial charge in [-0.1, -0.05) is 0 Å². The van der Waals surface area contributed by atoms with Gasteiger partial charge in [0.2, 0.25) is 5.89 Å². The van der Waals surface area contributed by atoms with Crippen molar-refractivity contribution in [3.8, 4) is 11.5 Å². The van der Waals surface area contributed by atoms with Gasteiger partial charge in [0.1, 0.15) is 5.52 Å². The zero-order chi connectivity index (χ0) is 14.4. The Morgan fingerprint density at radius 1 is 1.29 bits per heavy atom. The fraction of sp³-hybridized carbons (Fsp3) is 0. The molecule has 0 saturated carbocycles. The van der Waals surface area contributed by atoms with Gasteiger partial charge in [0.25, 0.3) is 0 Å². The maximum absolute atomic E-state index is 11.0. The molecular formula is C14H8N4O3. The van der Waals surface area contributed by atoms with Gasteiger partial charge in [0.05, 0.1) is 29.0 Å². The van der Waals surface area contributed by atoms with Crippen LogP contribution in [-0.4, -0.2) is 30.7 Å². The van der Waals surface area contributed by atoms with E-state index in [2.05, 4.69) is 15.1 Å². The number of fused-ring (bicyclic) bond motifs is 2. The number of carbonyl (C=O) groups is 1. The minimum atomic E-state index is -0.998. The fourth-order valence-corrected chi connectivity index (χ4v) is 2.17. The Labute approximate surface area is 117 Å². The van der Waals surface area contributed by atoms with Crippen molar-refractivity contribution < 1.29 is 14.3 Å². The molecular weight excluding hydrogens is 272 g/mol. The topological polar surface area (TPSA) is 93.5 Å². The highest BCUT2D eigenvalue weighted by atomic mass is 16.4. The Balaban J connectivity index is 1.92. The summed E-state index contributed by atoms with van der Waals surface area (Å²) in [6, 6.07) is 4.56. The lowest BCUT2D eigenvalue weighted by Gasteiger charge is -1.92. The Morgan fingerprint density at radius 2 is 2.19 bits per heavy atom. The van der Waals surface area contributed by atoms with Crippen molar-refractivity contribution in [3.05, 3.63) is 48.5 Å². The number of aromatic nitrogens is 4. The van der Waals surface area contributed by atoms with Crippen LogP contribution in [0.5, 0.6) is 0 Å². The van der Waals surface area contributed by atoms with Crippen LogP contribution in [0.3, 0.4) is 0 Å². The predicted octanol–water partition coefficient (Wildman–Crippen LogP) is 2.24.